The fourth-order valence-corrected chi connectivity index (χ4v) is 5.77. The molecule has 0 spiro atoms. The number of thiazole rings is 1. The molecule has 1 aliphatic carbocycles. The van der Waals surface area contributed by atoms with Gasteiger partial charge in [0.2, 0.25) is 0 Å². The van der Waals surface area contributed by atoms with Gasteiger partial charge in [-0.1, -0.05) is 36.7 Å². The van der Waals surface area contributed by atoms with Crippen LogP contribution in [-0.2, 0) is 10.0 Å². The molecule has 1 heterocycles. The Morgan fingerprint density at radius 3 is 2.62 bits per heavy atom. The van der Waals surface area contributed by atoms with Crippen molar-refractivity contribution in [2.45, 2.75) is 31.1 Å². The van der Waals surface area contributed by atoms with Gasteiger partial charge in [0.1, 0.15) is 5.82 Å². The summed E-state index contributed by atoms with van der Waals surface area (Å²) in [4.78, 5) is 4.01. The van der Waals surface area contributed by atoms with E-state index in [0.717, 1.165) is 31.4 Å². The number of rotatable bonds is 7. The van der Waals surface area contributed by atoms with E-state index in [1.54, 1.807) is 11.4 Å². The zero-order chi connectivity index (χ0) is 24.6. The maximum Gasteiger partial charge on any atom is 0.263 e. The lowest BCUT2D eigenvalue weighted by Crippen LogP contribution is -2.19. The van der Waals surface area contributed by atoms with E-state index in [1.165, 1.54) is 47.4 Å². The molecule has 0 amide bonds. The van der Waals surface area contributed by atoms with Crippen LogP contribution < -0.4 is 15.8 Å². The molecule has 0 aliphatic heterocycles. The van der Waals surface area contributed by atoms with Crippen LogP contribution in [0.5, 0.6) is 0 Å². The number of hydrogen-bond acceptors (Lipinski definition) is 6. The summed E-state index contributed by atoms with van der Waals surface area (Å²) in [6.45, 7) is 3.30. The summed E-state index contributed by atoms with van der Waals surface area (Å²) in [6.07, 6.45) is 6.85. The van der Waals surface area contributed by atoms with Crippen LogP contribution in [0.15, 0.2) is 65.0 Å². The molecule has 0 fully saturated rings. The van der Waals surface area contributed by atoms with E-state index in [-0.39, 0.29) is 16.6 Å². The van der Waals surface area contributed by atoms with Crippen LogP contribution in [-0.4, -0.2) is 26.5 Å². The molecule has 0 saturated carbocycles. The summed E-state index contributed by atoms with van der Waals surface area (Å²) in [5.41, 5.74) is 7.73. The van der Waals surface area contributed by atoms with Crippen LogP contribution >= 0.6 is 22.9 Å². The summed E-state index contributed by atoms with van der Waals surface area (Å²) in [5, 5.41) is 5.66. The second-order valence-corrected chi connectivity index (χ2v) is 10.7. The molecule has 34 heavy (non-hydrogen) atoms. The molecule has 182 valence electrons. The maximum absolute atomic E-state index is 13.3. The van der Waals surface area contributed by atoms with Crippen LogP contribution in [0.25, 0.3) is 5.57 Å². The first-order valence-electron chi connectivity index (χ1n) is 11.0. The predicted octanol–water partition coefficient (Wildman–Crippen LogP) is 6.00. The zero-order valence-corrected chi connectivity index (χ0v) is 21.2. The third-order valence-electron chi connectivity index (χ3n) is 5.18. The molecule has 6 nitrogen and oxygen atoms in total. The largest absolute Gasteiger partial charge is 0.383 e. The van der Waals surface area contributed by atoms with E-state index in [2.05, 4.69) is 21.1 Å². The van der Waals surface area contributed by atoms with Crippen LogP contribution in [0.3, 0.4) is 0 Å². The Labute approximate surface area is 209 Å². The van der Waals surface area contributed by atoms with E-state index < -0.39 is 10.0 Å². The second kappa shape index (κ2) is 12.3. The van der Waals surface area contributed by atoms with Crippen molar-refractivity contribution >= 4 is 49.4 Å². The summed E-state index contributed by atoms with van der Waals surface area (Å²) < 4.78 is 40.8. The molecule has 3 aromatic rings. The van der Waals surface area contributed by atoms with Gasteiger partial charge in [0, 0.05) is 24.0 Å². The van der Waals surface area contributed by atoms with Crippen molar-refractivity contribution in [3.05, 3.63) is 76.5 Å². The van der Waals surface area contributed by atoms with Gasteiger partial charge < -0.3 is 11.1 Å². The van der Waals surface area contributed by atoms with Crippen molar-refractivity contribution in [2.75, 3.05) is 23.1 Å². The van der Waals surface area contributed by atoms with Gasteiger partial charge in [-0.25, -0.2) is 17.8 Å². The van der Waals surface area contributed by atoms with Gasteiger partial charge in [-0.05, 0) is 67.3 Å². The molecule has 0 bridgehead atoms. The molecule has 1 aromatic heterocycles. The van der Waals surface area contributed by atoms with Gasteiger partial charge in [-0.2, -0.15) is 0 Å². The molecule has 0 saturated heterocycles. The van der Waals surface area contributed by atoms with Crippen molar-refractivity contribution in [3.8, 4) is 0 Å². The van der Waals surface area contributed by atoms with Crippen molar-refractivity contribution < 1.29 is 12.8 Å². The molecule has 1 atom stereocenters. The van der Waals surface area contributed by atoms with E-state index in [0.29, 0.717) is 22.4 Å². The molecule has 10 heteroatoms. The number of benzene rings is 2. The van der Waals surface area contributed by atoms with Gasteiger partial charge in [0.15, 0.2) is 5.13 Å². The van der Waals surface area contributed by atoms with Gasteiger partial charge in [0.05, 0.1) is 15.6 Å². The second-order valence-electron chi connectivity index (χ2n) is 7.67. The van der Waals surface area contributed by atoms with Crippen molar-refractivity contribution in [3.63, 3.8) is 0 Å². The number of nitrogens with zero attached hydrogens (tertiary/aromatic N) is 1. The molecule has 4 N–H and O–H groups in total. The smallest absolute Gasteiger partial charge is 0.263 e. The Bertz CT molecular complexity index is 1200. The molecule has 4 rings (SSSR count). The number of sulfonamides is 1. The highest BCUT2D eigenvalue weighted by Crippen LogP contribution is 2.34. The highest BCUT2D eigenvalue weighted by Gasteiger charge is 2.21. The number of anilines is 2. The predicted molar refractivity (Wildman–Crippen MR) is 139 cm³/mol. The van der Waals surface area contributed by atoms with Crippen molar-refractivity contribution in [1.82, 2.24) is 4.98 Å². The SMILES string of the molecule is CCN.O=S(=O)(Nc1nccs1)c1ccc(NCC2CCCC=C2c2ccc(F)cc2)c(Cl)c1. The number of aromatic nitrogens is 1. The average molecular weight is 523 g/mol. The molecule has 1 unspecified atom stereocenters. The fourth-order valence-electron chi connectivity index (χ4n) is 3.64. The Hall–Kier alpha value is -2.46. The quantitative estimate of drug-likeness (QED) is 0.353. The zero-order valence-electron chi connectivity index (χ0n) is 18.8. The van der Waals surface area contributed by atoms with Crippen LogP contribution in [0.2, 0.25) is 5.02 Å². The first-order chi connectivity index (χ1) is 16.3. The summed E-state index contributed by atoms with van der Waals surface area (Å²) >= 11 is 7.58. The fraction of sp³-hybridized carbons (Fsp3) is 0.292. The Kier molecular flexibility index (Phi) is 9.46. The number of allylic oxidation sites excluding steroid dienone is 1. The minimum Gasteiger partial charge on any atom is -0.383 e. The van der Waals surface area contributed by atoms with E-state index in [1.807, 2.05) is 19.1 Å². The van der Waals surface area contributed by atoms with Gasteiger partial charge >= 0.3 is 0 Å². The monoisotopic (exact) mass is 522 g/mol. The summed E-state index contributed by atoms with van der Waals surface area (Å²) in [7, 11) is -3.76. The average Bonchev–Trinajstić information content (AvgIpc) is 3.32. The topological polar surface area (TPSA) is 97.1 Å². The lowest BCUT2D eigenvalue weighted by Gasteiger charge is -2.26. The van der Waals surface area contributed by atoms with Crippen LogP contribution in [0.4, 0.5) is 15.2 Å². The highest BCUT2D eigenvalue weighted by atomic mass is 35.5. The number of hydrogen-bond donors (Lipinski definition) is 3. The third-order valence-corrected chi connectivity index (χ3v) is 7.65. The molecular formula is C24H28ClFN4O2S2. The van der Waals surface area contributed by atoms with Crippen molar-refractivity contribution in [2.24, 2.45) is 11.7 Å². The van der Waals surface area contributed by atoms with E-state index in [4.69, 9.17) is 17.3 Å². The normalized spacial score (nSPS) is 15.6. The first kappa shape index (κ1) is 26.2. The highest BCUT2D eigenvalue weighted by molar-refractivity contribution is 7.93. The van der Waals surface area contributed by atoms with Crippen molar-refractivity contribution in [1.29, 1.82) is 0 Å². The Balaban J connectivity index is 0.00000103. The number of nitrogens with two attached hydrogens (primary N) is 1. The molecule has 2 aromatic carbocycles. The third kappa shape index (κ3) is 7.02. The van der Waals surface area contributed by atoms with Gasteiger partial charge in [0.25, 0.3) is 10.0 Å². The number of halogens is 2. The minimum atomic E-state index is -3.76. The Morgan fingerprint density at radius 2 is 1.97 bits per heavy atom. The van der Waals surface area contributed by atoms with Gasteiger partial charge in [-0.3, -0.25) is 4.72 Å². The molecule has 1 aliphatic rings. The van der Waals surface area contributed by atoms with E-state index >= 15 is 0 Å². The van der Waals surface area contributed by atoms with E-state index in [9.17, 15) is 12.8 Å². The molecular weight excluding hydrogens is 495 g/mol. The van der Waals surface area contributed by atoms with Crippen LogP contribution in [0.1, 0.15) is 31.7 Å². The first-order valence-corrected chi connectivity index (χ1v) is 13.7. The van der Waals surface area contributed by atoms with Gasteiger partial charge in [-0.15, -0.1) is 11.3 Å². The minimum absolute atomic E-state index is 0.0720. The lowest BCUT2D eigenvalue weighted by molar-refractivity contribution is 0.579. The summed E-state index contributed by atoms with van der Waals surface area (Å²) in [5.74, 6) is 0.00580. The maximum atomic E-state index is 13.3. The summed E-state index contributed by atoms with van der Waals surface area (Å²) in [6, 6.07) is 11.2. The standard InChI is InChI=1S/C22H21ClFN3O2S2.C2H7N/c23-20-13-18(31(28,29)27-22-25-11-12-30-22)9-10-21(20)26-14-16-3-1-2-4-19(16)15-5-7-17(24)8-6-15;1-2-3/h4-13,16,26H,1-3,14H2,(H,25,27);2-3H2,1H3. The molecule has 0 radical (unpaired) electrons. The van der Waals surface area contributed by atoms with Crippen LogP contribution in [0, 0.1) is 11.7 Å². The number of nitrogens with one attached hydrogen (secondary N) is 2. The Morgan fingerprint density at radius 1 is 1.24 bits per heavy atom. The lowest BCUT2D eigenvalue weighted by atomic mass is 9.83.